The molecule has 1 aliphatic rings. The van der Waals surface area contributed by atoms with Crippen LogP contribution < -0.4 is 10.1 Å². The van der Waals surface area contributed by atoms with Crippen LogP contribution in [0.2, 0.25) is 0 Å². The van der Waals surface area contributed by atoms with Gasteiger partial charge in [0, 0.05) is 22.6 Å². The Hall–Kier alpha value is -2.67. The van der Waals surface area contributed by atoms with Crippen LogP contribution in [-0.2, 0) is 0 Å². The summed E-state index contributed by atoms with van der Waals surface area (Å²) in [5.74, 6) is 1.09. The number of hydrogen-bond donors (Lipinski definition) is 1. The molecule has 1 atom stereocenters. The molecule has 0 spiro atoms. The van der Waals surface area contributed by atoms with E-state index in [1.807, 2.05) is 24.3 Å². The zero-order chi connectivity index (χ0) is 19.3. The Morgan fingerprint density at radius 1 is 1.07 bits per heavy atom. The third-order valence-corrected chi connectivity index (χ3v) is 5.41. The van der Waals surface area contributed by atoms with Crippen LogP contribution in [0.25, 0.3) is 11.3 Å². The van der Waals surface area contributed by atoms with Crippen molar-refractivity contribution in [1.82, 2.24) is 15.2 Å². The summed E-state index contributed by atoms with van der Waals surface area (Å²) in [6.45, 7) is 2.18. The minimum absolute atomic E-state index is 0.284. The number of fused-ring (bicyclic) bond motifs is 3. The molecule has 144 valence electrons. The zero-order valence-corrected chi connectivity index (χ0v) is 16.4. The van der Waals surface area contributed by atoms with Crippen molar-refractivity contribution in [2.24, 2.45) is 0 Å². The van der Waals surface area contributed by atoms with Gasteiger partial charge in [-0.3, -0.25) is 0 Å². The topological polar surface area (TPSA) is 59.9 Å². The highest BCUT2D eigenvalue weighted by molar-refractivity contribution is 7.99. The molecule has 0 radical (unpaired) electrons. The molecular weight excluding hydrogens is 375 g/mol. The minimum atomic E-state index is -0.502. The summed E-state index contributed by atoms with van der Waals surface area (Å²) in [6, 6.07) is 14.1. The molecule has 1 aliphatic heterocycles. The fourth-order valence-corrected chi connectivity index (χ4v) is 3.79. The first-order valence-corrected chi connectivity index (χ1v) is 10.4. The van der Waals surface area contributed by atoms with E-state index in [0.717, 1.165) is 29.0 Å². The van der Waals surface area contributed by atoms with E-state index in [4.69, 9.17) is 4.74 Å². The molecule has 2 heterocycles. The monoisotopic (exact) mass is 396 g/mol. The van der Waals surface area contributed by atoms with E-state index in [9.17, 15) is 4.39 Å². The molecule has 5 nitrogen and oxygen atoms in total. The minimum Gasteiger partial charge on any atom is -0.448 e. The number of thioether (sulfide) groups is 1. The second-order valence-electron chi connectivity index (χ2n) is 6.54. The maximum atomic E-state index is 13.3. The first-order chi connectivity index (χ1) is 13.7. The molecule has 1 aromatic heterocycles. The summed E-state index contributed by atoms with van der Waals surface area (Å²) in [4.78, 5) is 4.62. The summed E-state index contributed by atoms with van der Waals surface area (Å²) in [5.41, 5.74) is 3.16. The van der Waals surface area contributed by atoms with Crippen molar-refractivity contribution in [1.29, 1.82) is 0 Å². The van der Waals surface area contributed by atoms with Gasteiger partial charge in [0.15, 0.2) is 11.9 Å². The van der Waals surface area contributed by atoms with Gasteiger partial charge in [-0.1, -0.05) is 61.9 Å². The third kappa shape index (κ3) is 4.09. The van der Waals surface area contributed by atoms with Crippen LogP contribution in [0.5, 0.6) is 5.88 Å². The molecule has 1 N–H and O–H groups in total. The molecule has 0 fully saturated rings. The average Bonchev–Trinajstić information content (AvgIpc) is 2.88. The largest absolute Gasteiger partial charge is 0.448 e. The van der Waals surface area contributed by atoms with Gasteiger partial charge in [-0.15, -0.1) is 10.2 Å². The predicted molar refractivity (Wildman–Crippen MR) is 109 cm³/mol. The van der Waals surface area contributed by atoms with Crippen LogP contribution in [0.3, 0.4) is 0 Å². The molecule has 4 rings (SSSR count). The number of anilines is 1. The highest BCUT2D eigenvalue weighted by Crippen LogP contribution is 2.39. The number of nitrogens with zero attached hydrogens (tertiary/aromatic N) is 3. The Morgan fingerprint density at radius 2 is 1.89 bits per heavy atom. The van der Waals surface area contributed by atoms with E-state index in [1.54, 1.807) is 23.9 Å². The van der Waals surface area contributed by atoms with Crippen molar-refractivity contribution in [3.8, 4) is 17.1 Å². The maximum Gasteiger partial charge on any atom is 0.247 e. The average molecular weight is 396 g/mol. The molecule has 28 heavy (non-hydrogen) atoms. The van der Waals surface area contributed by atoms with Crippen LogP contribution in [-0.4, -0.2) is 20.9 Å². The lowest BCUT2D eigenvalue weighted by atomic mass is 10.1. The Morgan fingerprint density at radius 3 is 2.71 bits per heavy atom. The first-order valence-electron chi connectivity index (χ1n) is 9.40. The number of aromatic nitrogens is 3. The molecule has 7 heteroatoms. The van der Waals surface area contributed by atoms with Gasteiger partial charge in [0.1, 0.15) is 5.82 Å². The van der Waals surface area contributed by atoms with Gasteiger partial charge in [0.2, 0.25) is 11.0 Å². The zero-order valence-electron chi connectivity index (χ0n) is 15.6. The number of hydrogen-bond acceptors (Lipinski definition) is 6. The molecule has 1 unspecified atom stereocenters. The lowest BCUT2D eigenvalue weighted by Crippen LogP contribution is -2.17. The van der Waals surface area contributed by atoms with Crippen LogP contribution in [0.4, 0.5) is 10.1 Å². The summed E-state index contributed by atoms with van der Waals surface area (Å²) in [5, 5.41) is 12.7. The number of rotatable bonds is 6. The van der Waals surface area contributed by atoms with Crippen LogP contribution in [0.15, 0.2) is 53.7 Å². The van der Waals surface area contributed by atoms with E-state index in [-0.39, 0.29) is 5.82 Å². The summed E-state index contributed by atoms with van der Waals surface area (Å²) < 4.78 is 19.5. The van der Waals surface area contributed by atoms with Gasteiger partial charge in [0.25, 0.3) is 0 Å². The maximum absolute atomic E-state index is 13.3. The molecule has 0 aliphatic carbocycles. The number of para-hydroxylation sites is 1. The van der Waals surface area contributed by atoms with Crippen molar-refractivity contribution in [3.63, 3.8) is 0 Å². The first kappa shape index (κ1) is 18.7. The van der Waals surface area contributed by atoms with Crippen LogP contribution >= 0.6 is 11.8 Å². The fourth-order valence-electron chi connectivity index (χ4n) is 3.01. The van der Waals surface area contributed by atoms with Crippen molar-refractivity contribution in [3.05, 3.63) is 59.9 Å². The van der Waals surface area contributed by atoms with E-state index in [1.165, 1.54) is 25.0 Å². The van der Waals surface area contributed by atoms with E-state index in [2.05, 4.69) is 27.4 Å². The normalized spacial score (nSPS) is 15.0. The van der Waals surface area contributed by atoms with Crippen molar-refractivity contribution >= 4 is 17.4 Å². The molecule has 0 bridgehead atoms. The van der Waals surface area contributed by atoms with Crippen LogP contribution in [0.1, 0.15) is 38.0 Å². The van der Waals surface area contributed by atoms with Gasteiger partial charge in [-0.2, -0.15) is 4.98 Å². The molecule has 2 aromatic carbocycles. The second-order valence-corrected chi connectivity index (χ2v) is 7.61. The summed E-state index contributed by atoms with van der Waals surface area (Å²) in [7, 11) is 0. The van der Waals surface area contributed by atoms with Gasteiger partial charge < -0.3 is 10.1 Å². The number of unbranched alkanes of at least 4 members (excludes halogenated alkanes) is 2. The molecular formula is C21H21FN4OS. The Labute approximate surface area is 167 Å². The number of ether oxygens (including phenoxy) is 1. The standard InChI is InChI=1S/C21H21FN4OS/c1-2-3-6-13-28-21-24-20-18(25-26-21)16-7-4-5-8-17(16)23-19(27-20)14-9-11-15(22)12-10-14/h4-5,7-12,19,23H,2-3,6,13H2,1H3. The van der Waals surface area contributed by atoms with E-state index >= 15 is 0 Å². The van der Waals surface area contributed by atoms with Gasteiger partial charge in [0.05, 0.1) is 0 Å². The van der Waals surface area contributed by atoms with Gasteiger partial charge >= 0.3 is 0 Å². The summed E-state index contributed by atoms with van der Waals surface area (Å²) in [6.07, 6.45) is 2.98. The molecule has 0 amide bonds. The highest BCUT2D eigenvalue weighted by atomic mass is 32.2. The van der Waals surface area contributed by atoms with Crippen LogP contribution in [0, 0.1) is 5.82 Å². The number of halogens is 1. The second kappa shape index (κ2) is 8.56. The fraction of sp³-hybridized carbons (Fsp3) is 0.286. The Bertz CT molecular complexity index is 951. The van der Waals surface area contributed by atoms with E-state index in [0.29, 0.717) is 16.7 Å². The lowest BCUT2D eigenvalue weighted by molar-refractivity contribution is 0.225. The predicted octanol–water partition coefficient (Wildman–Crippen LogP) is 5.46. The van der Waals surface area contributed by atoms with Gasteiger partial charge in [-0.05, 0) is 24.6 Å². The SMILES string of the molecule is CCCCCSc1nnc2c(n1)OC(c1ccc(F)cc1)Nc1ccccc1-2. The lowest BCUT2D eigenvalue weighted by Gasteiger charge is -2.19. The van der Waals surface area contributed by atoms with Gasteiger partial charge in [-0.25, -0.2) is 4.39 Å². The molecule has 0 saturated carbocycles. The van der Waals surface area contributed by atoms with E-state index < -0.39 is 6.23 Å². The summed E-state index contributed by atoms with van der Waals surface area (Å²) >= 11 is 1.59. The van der Waals surface area contributed by atoms with Crippen molar-refractivity contribution in [2.45, 2.75) is 37.6 Å². The Kier molecular flexibility index (Phi) is 5.71. The Balaban J connectivity index is 1.68. The number of nitrogens with one attached hydrogen (secondary N) is 1. The highest BCUT2D eigenvalue weighted by Gasteiger charge is 2.25. The number of benzene rings is 2. The smallest absolute Gasteiger partial charge is 0.247 e. The molecule has 0 saturated heterocycles. The third-order valence-electron chi connectivity index (χ3n) is 4.49. The van der Waals surface area contributed by atoms with Crippen molar-refractivity contribution < 1.29 is 9.13 Å². The quantitative estimate of drug-likeness (QED) is 0.441. The van der Waals surface area contributed by atoms with Crippen molar-refractivity contribution in [2.75, 3.05) is 11.1 Å². The molecule has 3 aromatic rings.